The quantitative estimate of drug-likeness (QED) is 0.679. The third kappa shape index (κ3) is 1.86. The number of rotatable bonds is 3. The van der Waals surface area contributed by atoms with E-state index in [1.54, 1.807) is 6.92 Å². The minimum Gasteiger partial charge on any atom is -0.469 e. The summed E-state index contributed by atoms with van der Waals surface area (Å²) in [4.78, 5) is 11.2. The zero-order chi connectivity index (χ0) is 9.84. The van der Waals surface area contributed by atoms with Crippen molar-refractivity contribution < 1.29 is 14.1 Å². The first-order chi connectivity index (χ1) is 6.20. The summed E-state index contributed by atoms with van der Waals surface area (Å²) in [5.74, 6) is -0.245. The minimum absolute atomic E-state index is 0.189. The predicted molar refractivity (Wildman–Crippen MR) is 45.1 cm³/mol. The molecule has 72 valence electrons. The van der Waals surface area contributed by atoms with E-state index in [0.717, 1.165) is 0 Å². The fourth-order valence-electron chi connectivity index (χ4n) is 1.13. The van der Waals surface area contributed by atoms with Gasteiger partial charge in [-0.3, -0.25) is 4.79 Å². The Hall–Kier alpha value is -1.36. The summed E-state index contributed by atoms with van der Waals surface area (Å²) < 4.78 is 9.42. The van der Waals surface area contributed by atoms with Crippen molar-refractivity contribution in [1.82, 2.24) is 5.16 Å². The van der Waals surface area contributed by atoms with E-state index < -0.39 is 5.92 Å². The second-order valence-corrected chi connectivity index (χ2v) is 2.65. The number of carbonyl (C=O) groups is 1. The number of hydrogen-bond donors (Lipinski definition) is 1. The molecule has 0 aliphatic rings. The number of nitrogens with zero attached hydrogens (tertiary/aromatic N) is 1. The van der Waals surface area contributed by atoms with E-state index in [4.69, 9.17) is 10.3 Å². The Morgan fingerprint density at radius 3 is 2.92 bits per heavy atom. The molecule has 13 heavy (non-hydrogen) atoms. The molecule has 0 aliphatic heterocycles. The molecule has 0 saturated heterocycles. The number of carbonyl (C=O) groups excluding carboxylic acids is 1. The van der Waals surface area contributed by atoms with Crippen molar-refractivity contribution in [2.45, 2.75) is 12.8 Å². The van der Waals surface area contributed by atoms with Crippen LogP contribution in [-0.2, 0) is 9.53 Å². The SMILES string of the molecule is COC(=O)C(CN)c1cnoc1C. The van der Waals surface area contributed by atoms with Gasteiger partial charge in [-0.05, 0) is 6.92 Å². The van der Waals surface area contributed by atoms with Crippen molar-refractivity contribution in [3.63, 3.8) is 0 Å². The van der Waals surface area contributed by atoms with Gasteiger partial charge in [0.05, 0.1) is 19.2 Å². The molecular weight excluding hydrogens is 172 g/mol. The van der Waals surface area contributed by atoms with Gasteiger partial charge in [0, 0.05) is 12.1 Å². The number of ether oxygens (including phenoxy) is 1. The summed E-state index contributed by atoms with van der Waals surface area (Å²) >= 11 is 0. The Morgan fingerprint density at radius 1 is 1.85 bits per heavy atom. The Labute approximate surface area is 75.8 Å². The molecule has 2 N–H and O–H groups in total. The van der Waals surface area contributed by atoms with Crippen molar-refractivity contribution >= 4 is 5.97 Å². The Kier molecular flexibility index (Phi) is 3.02. The van der Waals surface area contributed by atoms with Crippen LogP contribution in [0, 0.1) is 6.92 Å². The summed E-state index contributed by atoms with van der Waals surface area (Å²) in [6.45, 7) is 1.92. The number of methoxy groups -OCH3 is 1. The normalized spacial score (nSPS) is 12.5. The number of esters is 1. The zero-order valence-electron chi connectivity index (χ0n) is 7.61. The Bertz CT molecular complexity index is 295. The number of aryl methyl sites for hydroxylation is 1. The molecule has 1 rings (SSSR count). The van der Waals surface area contributed by atoms with Gasteiger partial charge in [-0.2, -0.15) is 0 Å². The van der Waals surface area contributed by atoms with Crippen LogP contribution in [0.4, 0.5) is 0 Å². The van der Waals surface area contributed by atoms with Crippen LogP contribution in [0.3, 0.4) is 0 Å². The standard InChI is InChI=1S/C8H12N2O3/c1-5-7(4-10-13-5)6(3-9)8(11)12-2/h4,6H,3,9H2,1-2H3. The molecule has 1 heterocycles. The van der Waals surface area contributed by atoms with Crippen LogP contribution < -0.4 is 5.73 Å². The van der Waals surface area contributed by atoms with Crippen molar-refractivity contribution in [2.24, 2.45) is 5.73 Å². The molecular formula is C8H12N2O3. The third-order valence-electron chi connectivity index (χ3n) is 1.88. The summed E-state index contributed by atoms with van der Waals surface area (Å²) in [6, 6.07) is 0. The van der Waals surface area contributed by atoms with E-state index in [9.17, 15) is 4.79 Å². The third-order valence-corrected chi connectivity index (χ3v) is 1.88. The Morgan fingerprint density at radius 2 is 2.54 bits per heavy atom. The molecule has 0 radical (unpaired) electrons. The summed E-state index contributed by atoms with van der Waals surface area (Å²) in [6.07, 6.45) is 1.49. The van der Waals surface area contributed by atoms with Crippen molar-refractivity contribution in [2.75, 3.05) is 13.7 Å². The molecule has 1 aromatic rings. The van der Waals surface area contributed by atoms with E-state index in [0.29, 0.717) is 11.3 Å². The molecule has 0 fully saturated rings. The summed E-state index contributed by atoms with van der Waals surface area (Å²) in [5, 5.41) is 3.57. The van der Waals surface area contributed by atoms with Gasteiger partial charge < -0.3 is 15.0 Å². The van der Waals surface area contributed by atoms with Gasteiger partial charge in [-0.1, -0.05) is 5.16 Å². The average molecular weight is 184 g/mol. The van der Waals surface area contributed by atoms with Crippen molar-refractivity contribution in [1.29, 1.82) is 0 Å². The van der Waals surface area contributed by atoms with Crippen LogP contribution in [0.2, 0.25) is 0 Å². The van der Waals surface area contributed by atoms with Crippen molar-refractivity contribution in [3.05, 3.63) is 17.5 Å². The van der Waals surface area contributed by atoms with Gasteiger partial charge in [0.25, 0.3) is 0 Å². The first kappa shape index (κ1) is 9.73. The van der Waals surface area contributed by atoms with Crippen LogP contribution >= 0.6 is 0 Å². The highest BCUT2D eigenvalue weighted by Gasteiger charge is 2.23. The molecule has 5 heteroatoms. The van der Waals surface area contributed by atoms with Crippen LogP contribution in [0.1, 0.15) is 17.2 Å². The first-order valence-corrected chi connectivity index (χ1v) is 3.89. The fourth-order valence-corrected chi connectivity index (χ4v) is 1.13. The van der Waals surface area contributed by atoms with Gasteiger partial charge >= 0.3 is 5.97 Å². The van der Waals surface area contributed by atoms with E-state index >= 15 is 0 Å². The maximum absolute atomic E-state index is 11.2. The summed E-state index contributed by atoms with van der Waals surface area (Å²) in [7, 11) is 1.33. The lowest BCUT2D eigenvalue weighted by Gasteiger charge is -2.09. The van der Waals surface area contributed by atoms with E-state index in [1.165, 1.54) is 13.3 Å². The molecule has 1 unspecified atom stereocenters. The zero-order valence-corrected chi connectivity index (χ0v) is 7.61. The molecule has 0 bridgehead atoms. The minimum atomic E-state index is -0.476. The molecule has 5 nitrogen and oxygen atoms in total. The van der Waals surface area contributed by atoms with E-state index in [2.05, 4.69) is 9.89 Å². The van der Waals surface area contributed by atoms with Crippen LogP contribution in [0.25, 0.3) is 0 Å². The molecule has 0 saturated carbocycles. The van der Waals surface area contributed by atoms with Gasteiger partial charge in [0.2, 0.25) is 0 Å². The fraction of sp³-hybridized carbons (Fsp3) is 0.500. The summed E-state index contributed by atoms with van der Waals surface area (Å²) in [5.41, 5.74) is 6.13. The second kappa shape index (κ2) is 4.04. The predicted octanol–water partition coefficient (Wildman–Crippen LogP) is 0.198. The van der Waals surface area contributed by atoms with Crippen LogP contribution in [-0.4, -0.2) is 24.8 Å². The maximum Gasteiger partial charge on any atom is 0.314 e. The van der Waals surface area contributed by atoms with Gasteiger partial charge in [-0.25, -0.2) is 0 Å². The van der Waals surface area contributed by atoms with Crippen molar-refractivity contribution in [3.8, 4) is 0 Å². The highest BCUT2D eigenvalue weighted by Crippen LogP contribution is 2.19. The number of hydrogen-bond acceptors (Lipinski definition) is 5. The van der Waals surface area contributed by atoms with Gasteiger partial charge in [0.1, 0.15) is 5.76 Å². The molecule has 1 atom stereocenters. The average Bonchev–Trinajstić information content (AvgIpc) is 2.53. The molecule has 0 aromatic carbocycles. The smallest absolute Gasteiger partial charge is 0.314 e. The van der Waals surface area contributed by atoms with Crippen LogP contribution in [0.15, 0.2) is 10.7 Å². The molecule has 0 amide bonds. The first-order valence-electron chi connectivity index (χ1n) is 3.89. The lowest BCUT2D eigenvalue weighted by molar-refractivity contribution is -0.142. The maximum atomic E-state index is 11.2. The lowest BCUT2D eigenvalue weighted by atomic mass is 10.0. The number of nitrogens with two attached hydrogens (primary N) is 1. The lowest BCUT2D eigenvalue weighted by Crippen LogP contribution is -2.22. The number of aromatic nitrogens is 1. The molecule has 0 aliphatic carbocycles. The highest BCUT2D eigenvalue weighted by molar-refractivity contribution is 5.78. The Balaban J connectivity index is 2.90. The largest absolute Gasteiger partial charge is 0.469 e. The van der Waals surface area contributed by atoms with E-state index in [1.807, 2.05) is 0 Å². The second-order valence-electron chi connectivity index (χ2n) is 2.65. The molecule has 1 aromatic heterocycles. The monoisotopic (exact) mass is 184 g/mol. The topological polar surface area (TPSA) is 78.4 Å². The highest BCUT2D eigenvalue weighted by atomic mass is 16.5. The molecule has 0 spiro atoms. The van der Waals surface area contributed by atoms with Gasteiger partial charge in [0.15, 0.2) is 0 Å². The van der Waals surface area contributed by atoms with Crippen LogP contribution in [0.5, 0.6) is 0 Å². The van der Waals surface area contributed by atoms with Gasteiger partial charge in [-0.15, -0.1) is 0 Å². The van der Waals surface area contributed by atoms with E-state index in [-0.39, 0.29) is 12.5 Å².